The minimum atomic E-state index is 0.400. The van der Waals surface area contributed by atoms with Crippen LogP contribution >= 0.6 is 0 Å². The number of nitrogens with one attached hydrogen (secondary N) is 1. The molecule has 18 heavy (non-hydrogen) atoms. The molecule has 1 N–H and O–H groups in total. The van der Waals surface area contributed by atoms with E-state index in [9.17, 15) is 4.79 Å². The van der Waals surface area contributed by atoms with Crippen molar-refractivity contribution in [2.45, 2.75) is 64.3 Å². The zero-order chi connectivity index (χ0) is 12.8. The molecule has 0 aromatic carbocycles. The summed E-state index contributed by atoms with van der Waals surface area (Å²) in [7, 11) is 0. The van der Waals surface area contributed by atoms with Crippen molar-refractivity contribution in [2.24, 2.45) is 5.92 Å². The molecule has 2 rings (SSSR count). The molecular weight excluding hydrogens is 224 g/mol. The van der Waals surface area contributed by atoms with Crippen LogP contribution in [0.3, 0.4) is 0 Å². The van der Waals surface area contributed by atoms with Crippen molar-refractivity contribution < 1.29 is 4.79 Å². The predicted octanol–water partition coefficient (Wildman–Crippen LogP) is 2.56. The monoisotopic (exact) mass is 252 g/mol. The highest BCUT2D eigenvalue weighted by atomic mass is 16.2. The molecule has 1 heterocycles. The zero-order valence-electron chi connectivity index (χ0n) is 11.8. The van der Waals surface area contributed by atoms with E-state index in [1.807, 2.05) is 0 Å². The van der Waals surface area contributed by atoms with E-state index >= 15 is 0 Å². The molecule has 3 nitrogen and oxygen atoms in total. The first-order valence-corrected chi connectivity index (χ1v) is 7.80. The SMILES string of the molecule is CCNC1CCN(C(=O)CCC2CCCC2)CC1. The molecule has 0 bridgehead atoms. The highest BCUT2D eigenvalue weighted by Crippen LogP contribution is 2.28. The smallest absolute Gasteiger partial charge is 0.222 e. The lowest BCUT2D eigenvalue weighted by Crippen LogP contribution is -2.44. The van der Waals surface area contributed by atoms with Gasteiger partial charge in [-0.1, -0.05) is 32.6 Å². The molecule has 1 aliphatic heterocycles. The fourth-order valence-corrected chi connectivity index (χ4v) is 3.41. The second-order valence-corrected chi connectivity index (χ2v) is 5.90. The summed E-state index contributed by atoms with van der Waals surface area (Å²) in [5, 5.41) is 3.48. The fraction of sp³-hybridized carbons (Fsp3) is 0.933. The number of rotatable bonds is 5. The number of hydrogen-bond acceptors (Lipinski definition) is 2. The van der Waals surface area contributed by atoms with Gasteiger partial charge in [0.2, 0.25) is 5.91 Å². The van der Waals surface area contributed by atoms with Crippen LogP contribution in [0.15, 0.2) is 0 Å². The van der Waals surface area contributed by atoms with Gasteiger partial charge in [0.05, 0.1) is 0 Å². The lowest BCUT2D eigenvalue weighted by Gasteiger charge is -2.32. The summed E-state index contributed by atoms with van der Waals surface area (Å²) in [5.74, 6) is 1.24. The molecule has 3 heteroatoms. The molecule has 1 aliphatic carbocycles. The largest absolute Gasteiger partial charge is 0.343 e. The number of carbonyl (C=O) groups excluding carboxylic acids is 1. The number of likely N-dealkylation sites (tertiary alicyclic amines) is 1. The van der Waals surface area contributed by atoms with Crippen LogP contribution in [0.2, 0.25) is 0 Å². The molecule has 2 fully saturated rings. The second-order valence-electron chi connectivity index (χ2n) is 5.90. The van der Waals surface area contributed by atoms with E-state index in [-0.39, 0.29) is 0 Å². The van der Waals surface area contributed by atoms with E-state index in [0.717, 1.165) is 51.2 Å². The Morgan fingerprint density at radius 3 is 2.44 bits per heavy atom. The van der Waals surface area contributed by atoms with E-state index in [1.165, 1.54) is 25.7 Å². The minimum Gasteiger partial charge on any atom is -0.343 e. The van der Waals surface area contributed by atoms with Crippen molar-refractivity contribution in [3.8, 4) is 0 Å². The average molecular weight is 252 g/mol. The lowest BCUT2D eigenvalue weighted by atomic mass is 10.00. The van der Waals surface area contributed by atoms with Crippen LogP contribution in [0, 0.1) is 5.92 Å². The Kier molecular flexibility index (Phi) is 5.48. The van der Waals surface area contributed by atoms with Gasteiger partial charge >= 0.3 is 0 Å². The first-order valence-electron chi connectivity index (χ1n) is 7.80. The normalized spacial score (nSPS) is 22.6. The Labute approximate surface area is 111 Å². The molecule has 0 unspecified atom stereocenters. The first kappa shape index (κ1) is 13.9. The summed E-state index contributed by atoms with van der Waals surface area (Å²) in [4.78, 5) is 14.2. The molecule has 1 amide bonds. The third-order valence-electron chi connectivity index (χ3n) is 4.58. The standard InChI is InChI=1S/C15H28N2O/c1-2-16-14-9-11-17(12-10-14)15(18)8-7-13-5-3-4-6-13/h13-14,16H,2-12H2,1H3. The van der Waals surface area contributed by atoms with Gasteiger partial charge in [0.1, 0.15) is 0 Å². The molecular formula is C15H28N2O. The Morgan fingerprint density at radius 1 is 1.17 bits per heavy atom. The quantitative estimate of drug-likeness (QED) is 0.815. The van der Waals surface area contributed by atoms with Crippen LogP contribution < -0.4 is 5.32 Å². The Morgan fingerprint density at radius 2 is 1.83 bits per heavy atom. The van der Waals surface area contributed by atoms with E-state index < -0.39 is 0 Å². The van der Waals surface area contributed by atoms with Crippen LogP contribution in [-0.4, -0.2) is 36.5 Å². The van der Waals surface area contributed by atoms with Crippen LogP contribution in [0.1, 0.15) is 58.3 Å². The Balaban J connectivity index is 1.64. The average Bonchev–Trinajstić information content (AvgIpc) is 2.90. The van der Waals surface area contributed by atoms with Crippen LogP contribution in [0.4, 0.5) is 0 Å². The molecule has 0 aromatic rings. The van der Waals surface area contributed by atoms with Gasteiger partial charge < -0.3 is 10.2 Å². The van der Waals surface area contributed by atoms with Gasteiger partial charge in [-0.15, -0.1) is 0 Å². The molecule has 0 radical (unpaired) electrons. The zero-order valence-corrected chi connectivity index (χ0v) is 11.8. The molecule has 1 saturated carbocycles. The third-order valence-corrected chi connectivity index (χ3v) is 4.58. The molecule has 0 aromatic heterocycles. The van der Waals surface area contributed by atoms with E-state index in [4.69, 9.17) is 0 Å². The second kappa shape index (κ2) is 7.13. The van der Waals surface area contributed by atoms with Gasteiger partial charge in [0, 0.05) is 25.6 Å². The lowest BCUT2D eigenvalue weighted by molar-refractivity contribution is -0.132. The van der Waals surface area contributed by atoms with E-state index in [2.05, 4.69) is 17.1 Å². The number of carbonyl (C=O) groups is 1. The maximum absolute atomic E-state index is 12.1. The number of amides is 1. The van der Waals surface area contributed by atoms with Crippen LogP contribution in [0.25, 0.3) is 0 Å². The predicted molar refractivity (Wildman–Crippen MR) is 74.5 cm³/mol. The molecule has 1 saturated heterocycles. The van der Waals surface area contributed by atoms with E-state index in [1.54, 1.807) is 0 Å². The van der Waals surface area contributed by atoms with Crippen molar-refractivity contribution in [1.82, 2.24) is 10.2 Å². The van der Waals surface area contributed by atoms with Crippen LogP contribution in [0.5, 0.6) is 0 Å². The molecule has 0 spiro atoms. The van der Waals surface area contributed by atoms with Crippen molar-refractivity contribution in [3.05, 3.63) is 0 Å². The van der Waals surface area contributed by atoms with Gasteiger partial charge in [-0.3, -0.25) is 4.79 Å². The van der Waals surface area contributed by atoms with Gasteiger partial charge in [-0.05, 0) is 31.7 Å². The summed E-state index contributed by atoms with van der Waals surface area (Å²) in [6.45, 7) is 5.11. The van der Waals surface area contributed by atoms with Crippen molar-refractivity contribution in [3.63, 3.8) is 0 Å². The van der Waals surface area contributed by atoms with Gasteiger partial charge in [0.25, 0.3) is 0 Å². The summed E-state index contributed by atoms with van der Waals surface area (Å²) in [5.41, 5.74) is 0. The molecule has 104 valence electrons. The third kappa shape index (κ3) is 3.98. The van der Waals surface area contributed by atoms with E-state index in [0.29, 0.717) is 11.9 Å². The summed E-state index contributed by atoms with van der Waals surface area (Å²) >= 11 is 0. The molecule has 0 atom stereocenters. The topological polar surface area (TPSA) is 32.3 Å². The minimum absolute atomic E-state index is 0.400. The van der Waals surface area contributed by atoms with Crippen molar-refractivity contribution in [1.29, 1.82) is 0 Å². The van der Waals surface area contributed by atoms with Gasteiger partial charge in [-0.2, -0.15) is 0 Å². The Bertz CT molecular complexity index is 253. The fourth-order valence-electron chi connectivity index (χ4n) is 3.41. The van der Waals surface area contributed by atoms with Crippen LogP contribution in [-0.2, 0) is 4.79 Å². The highest BCUT2D eigenvalue weighted by molar-refractivity contribution is 5.76. The van der Waals surface area contributed by atoms with Crippen molar-refractivity contribution >= 4 is 5.91 Å². The van der Waals surface area contributed by atoms with Crippen molar-refractivity contribution in [2.75, 3.05) is 19.6 Å². The highest BCUT2D eigenvalue weighted by Gasteiger charge is 2.23. The number of piperidine rings is 1. The first-order chi connectivity index (χ1) is 8.79. The van der Waals surface area contributed by atoms with Gasteiger partial charge in [0.15, 0.2) is 0 Å². The molecule has 2 aliphatic rings. The number of hydrogen-bond donors (Lipinski definition) is 1. The summed E-state index contributed by atoms with van der Waals surface area (Å²) < 4.78 is 0. The maximum atomic E-state index is 12.1. The van der Waals surface area contributed by atoms with Gasteiger partial charge in [-0.25, -0.2) is 0 Å². The summed E-state index contributed by atoms with van der Waals surface area (Å²) in [6, 6.07) is 0.633. The maximum Gasteiger partial charge on any atom is 0.222 e. The summed E-state index contributed by atoms with van der Waals surface area (Å²) in [6.07, 6.45) is 9.65. The Hall–Kier alpha value is -0.570. The number of nitrogens with zero attached hydrogens (tertiary/aromatic N) is 1.